The number of ether oxygens (including phenoxy) is 2. The summed E-state index contributed by atoms with van der Waals surface area (Å²) in [6.07, 6.45) is -1.23. The van der Waals surface area contributed by atoms with E-state index >= 15 is 0 Å². The van der Waals surface area contributed by atoms with Crippen molar-refractivity contribution >= 4 is 56.8 Å². The summed E-state index contributed by atoms with van der Waals surface area (Å²) in [6.45, 7) is 1.37. The number of nitrogens with zero attached hydrogens (tertiary/aromatic N) is 1. The van der Waals surface area contributed by atoms with Crippen molar-refractivity contribution in [3.63, 3.8) is 0 Å². The first-order valence-corrected chi connectivity index (χ1v) is 10.1. The fourth-order valence-corrected chi connectivity index (χ4v) is 3.51. The lowest BCUT2D eigenvalue weighted by molar-refractivity contribution is -0.384. The second kappa shape index (κ2) is 8.79. The Bertz CT molecular complexity index is 1410. The molecular formula is C23H17ClN2O7. The van der Waals surface area contributed by atoms with E-state index in [2.05, 4.69) is 5.32 Å². The Balaban J connectivity index is 1.55. The monoisotopic (exact) mass is 468 g/mol. The van der Waals surface area contributed by atoms with E-state index in [1.807, 2.05) is 24.3 Å². The minimum absolute atomic E-state index is 0.0322. The van der Waals surface area contributed by atoms with E-state index in [1.54, 1.807) is 12.1 Å². The van der Waals surface area contributed by atoms with Crippen LogP contribution < -0.4 is 10.1 Å². The fraction of sp³-hybridized carbons (Fsp3) is 0.130. The van der Waals surface area contributed by atoms with Crippen molar-refractivity contribution in [2.75, 3.05) is 12.4 Å². The van der Waals surface area contributed by atoms with Crippen LogP contribution in [0, 0.1) is 10.1 Å². The van der Waals surface area contributed by atoms with Crippen molar-refractivity contribution in [1.82, 2.24) is 0 Å². The third-order valence-electron chi connectivity index (χ3n) is 4.99. The van der Waals surface area contributed by atoms with Gasteiger partial charge in [-0.1, -0.05) is 29.8 Å². The molecule has 0 fully saturated rings. The SMILES string of the molecule is COc1cc2c(cc1NC(=O)C(C)OC(=O)c1cc([N+](=O)[O-])ccc1Cl)oc1ccccc12. The number of nitro benzene ring substituents is 1. The number of carbonyl (C=O) groups is 2. The van der Waals surface area contributed by atoms with E-state index in [-0.39, 0.29) is 16.3 Å². The molecule has 0 aliphatic carbocycles. The van der Waals surface area contributed by atoms with Crippen molar-refractivity contribution < 1.29 is 28.4 Å². The van der Waals surface area contributed by atoms with Crippen molar-refractivity contribution in [1.29, 1.82) is 0 Å². The van der Waals surface area contributed by atoms with Gasteiger partial charge in [0.05, 0.1) is 28.3 Å². The minimum Gasteiger partial charge on any atom is -0.495 e. The summed E-state index contributed by atoms with van der Waals surface area (Å²) in [7, 11) is 1.47. The highest BCUT2D eigenvalue weighted by Gasteiger charge is 2.24. The molecule has 1 aromatic heterocycles. The molecule has 4 aromatic rings. The number of benzene rings is 3. The summed E-state index contributed by atoms with van der Waals surface area (Å²) in [5.41, 5.74) is 1.01. The molecule has 0 bridgehead atoms. The van der Waals surface area contributed by atoms with Gasteiger partial charge in [0.15, 0.2) is 6.10 Å². The van der Waals surface area contributed by atoms with Gasteiger partial charge in [-0.25, -0.2) is 4.79 Å². The Hall–Kier alpha value is -4.11. The Labute approximate surface area is 192 Å². The zero-order chi connectivity index (χ0) is 23.7. The van der Waals surface area contributed by atoms with Gasteiger partial charge in [0.2, 0.25) is 0 Å². The molecule has 0 spiro atoms. The maximum atomic E-state index is 12.7. The molecule has 3 aromatic carbocycles. The fourth-order valence-electron chi connectivity index (χ4n) is 3.31. The van der Waals surface area contributed by atoms with E-state index in [0.29, 0.717) is 22.6 Å². The Kier molecular flexibility index (Phi) is 5.89. The summed E-state index contributed by atoms with van der Waals surface area (Å²) >= 11 is 5.97. The molecule has 0 saturated carbocycles. The molecule has 0 radical (unpaired) electrons. The number of nitro groups is 1. The lowest BCUT2D eigenvalue weighted by Gasteiger charge is -2.15. The smallest absolute Gasteiger partial charge is 0.340 e. The highest BCUT2D eigenvalue weighted by Crippen LogP contribution is 2.36. The van der Waals surface area contributed by atoms with Gasteiger partial charge in [-0.3, -0.25) is 14.9 Å². The summed E-state index contributed by atoms with van der Waals surface area (Å²) < 4.78 is 16.4. The molecular weight excluding hydrogens is 452 g/mol. The third-order valence-corrected chi connectivity index (χ3v) is 5.32. The zero-order valence-electron chi connectivity index (χ0n) is 17.5. The first kappa shape index (κ1) is 22.1. The number of methoxy groups -OCH3 is 1. The largest absolute Gasteiger partial charge is 0.495 e. The second-order valence-corrected chi connectivity index (χ2v) is 7.51. The van der Waals surface area contributed by atoms with Crippen LogP contribution in [0.25, 0.3) is 21.9 Å². The van der Waals surface area contributed by atoms with E-state index in [9.17, 15) is 19.7 Å². The number of rotatable bonds is 6. The van der Waals surface area contributed by atoms with Crippen LogP contribution in [0.15, 0.2) is 59.0 Å². The van der Waals surface area contributed by atoms with Crippen LogP contribution in [0.4, 0.5) is 11.4 Å². The van der Waals surface area contributed by atoms with Gasteiger partial charge in [0.1, 0.15) is 16.9 Å². The topological polar surface area (TPSA) is 121 Å². The van der Waals surface area contributed by atoms with Crippen LogP contribution in [-0.4, -0.2) is 30.0 Å². The van der Waals surface area contributed by atoms with Crippen LogP contribution in [-0.2, 0) is 9.53 Å². The number of hydrogen-bond acceptors (Lipinski definition) is 7. The van der Waals surface area contributed by atoms with Crippen LogP contribution in [0.3, 0.4) is 0 Å². The maximum absolute atomic E-state index is 12.7. The van der Waals surface area contributed by atoms with Crippen LogP contribution >= 0.6 is 11.6 Å². The standard InChI is InChI=1S/C23H17ClN2O7/c1-12(32-23(28)16-9-13(26(29)30)7-8-17(16)24)22(27)25-18-11-20-15(10-21(18)31-2)14-5-3-4-6-19(14)33-20/h3-12H,1-2H3,(H,25,27). The molecule has 1 heterocycles. The molecule has 10 heteroatoms. The maximum Gasteiger partial charge on any atom is 0.340 e. The van der Waals surface area contributed by atoms with Crippen molar-refractivity contribution in [2.45, 2.75) is 13.0 Å². The number of carbonyl (C=O) groups excluding carboxylic acids is 2. The summed E-state index contributed by atoms with van der Waals surface area (Å²) in [6, 6.07) is 14.2. The van der Waals surface area contributed by atoms with Gasteiger partial charge < -0.3 is 19.2 Å². The van der Waals surface area contributed by atoms with Gasteiger partial charge in [-0.05, 0) is 25.1 Å². The quantitative estimate of drug-likeness (QED) is 0.230. The molecule has 33 heavy (non-hydrogen) atoms. The molecule has 1 amide bonds. The molecule has 1 atom stereocenters. The average Bonchev–Trinajstić information content (AvgIpc) is 3.15. The highest BCUT2D eigenvalue weighted by atomic mass is 35.5. The number of fused-ring (bicyclic) bond motifs is 3. The number of esters is 1. The Morgan fingerprint density at radius 3 is 2.58 bits per heavy atom. The van der Waals surface area contributed by atoms with Crippen molar-refractivity contribution in [3.8, 4) is 5.75 Å². The number of furan rings is 1. The molecule has 0 aliphatic heterocycles. The number of halogens is 1. The van der Waals surface area contributed by atoms with Gasteiger partial charge in [0.25, 0.3) is 11.6 Å². The van der Waals surface area contributed by atoms with E-state index in [1.165, 1.54) is 20.1 Å². The minimum atomic E-state index is -1.23. The first-order valence-electron chi connectivity index (χ1n) is 9.73. The van der Waals surface area contributed by atoms with Crippen LogP contribution in [0.2, 0.25) is 5.02 Å². The van der Waals surface area contributed by atoms with Crippen LogP contribution in [0.5, 0.6) is 5.75 Å². The number of para-hydroxylation sites is 1. The third kappa shape index (κ3) is 4.31. The van der Waals surface area contributed by atoms with Gasteiger partial charge in [-0.15, -0.1) is 0 Å². The number of anilines is 1. The highest BCUT2D eigenvalue weighted by molar-refractivity contribution is 6.33. The van der Waals surface area contributed by atoms with E-state index in [0.717, 1.165) is 22.9 Å². The molecule has 168 valence electrons. The normalized spacial score (nSPS) is 11.8. The zero-order valence-corrected chi connectivity index (χ0v) is 18.2. The molecule has 9 nitrogen and oxygen atoms in total. The number of non-ortho nitro benzene ring substituents is 1. The lowest BCUT2D eigenvalue weighted by Crippen LogP contribution is -2.30. The predicted octanol–water partition coefficient (Wildman–Crippen LogP) is 5.34. The summed E-state index contributed by atoms with van der Waals surface area (Å²) in [5.74, 6) is -1.22. The molecule has 0 aliphatic rings. The first-order chi connectivity index (χ1) is 15.8. The van der Waals surface area contributed by atoms with Gasteiger partial charge >= 0.3 is 5.97 Å². The summed E-state index contributed by atoms with van der Waals surface area (Å²) in [5, 5.41) is 15.3. The number of hydrogen-bond donors (Lipinski definition) is 1. The molecule has 1 unspecified atom stereocenters. The number of nitrogens with one attached hydrogen (secondary N) is 1. The van der Waals surface area contributed by atoms with E-state index < -0.39 is 22.9 Å². The second-order valence-electron chi connectivity index (χ2n) is 7.10. The van der Waals surface area contributed by atoms with E-state index in [4.69, 9.17) is 25.5 Å². The Morgan fingerprint density at radius 2 is 1.85 bits per heavy atom. The van der Waals surface area contributed by atoms with Crippen molar-refractivity contribution in [3.05, 3.63) is 75.3 Å². The van der Waals surface area contributed by atoms with Crippen molar-refractivity contribution in [2.24, 2.45) is 0 Å². The molecule has 0 saturated heterocycles. The van der Waals surface area contributed by atoms with Gasteiger partial charge in [0, 0.05) is 29.0 Å². The Morgan fingerprint density at radius 1 is 1.09 bits per heavy atom. The lowest BCUT2D eigenvalue weighted by atomic mass is 10.1. The predicted molar refractivity (Wildman–Crippen MR) is 122 cm³/mol. The molecule has 4 rings (SSSR count). The van der Waals surface area contributed by atoms with Crippen LogP contribution in [0.1, 0.15) is 17.3 Å². The van der Waals surface area contributed by atoms with Gasteiger partial charge in [-0.2, -0.15) is 0 Å². The molecule has 1 N–H and O–H groups in total. The number of amides is 1. The summed E-state index contributed by atoms with van der Waals surface area (Å²) in [4.78, 5) is 35.5. The average molecular weight is 469 g/mol.